The third-order valence-corrected chi connectivity index (χ3v) is 4.42. The standard InChI is InChI=1S/C15H26O4/c1-9-7-15(8-9)10(2)11(12(17-6)19-15)18-13(16)14(3,4)5/h9-12H,7-8H2,1-6H3/t9?,10-,11+,12+,15?/m0/s1. The van der Waals surface area contributed by atoms with Crippen LogP contribution in [-0.4, -0.2) is 31.1 Å². The Kier molecular flexibility index (Phi) is 3.69. The number of esters is 1. The molecule has 19 heavy (non-hydrogen) atoms. The molecule has 1 spiro atoms. The zero-order valence-corrected chi connectivity index (χ0v) is 12.9. The summed E-state index contributed by atoms with van der Waals surface area (Å²) in [7, 11) is 1.61. The van der Waals surface area contributed by atoms with E-state index in [1.807, 2.05) is 20.8 Å². The number of carbonyl (C=O) groups excluding carboxylic acids is 1. The van der Waals surface area contributed by atoms with Crippen molar-refractivity contribution in [3.63, 3.8) is 0 Å². The van der Waals surface area contributed by atoms with Crippen molar-refractivity contribution in [1.29, 1.82) is 0 Å². The zero-order chi connectivity index (χ0) is 14.4. The third kappa shape index (κ3) is 2.52. The molecule has 2 fully saturated rings. The fourth-order valence-corrected chi connectivity index (χ4v) is 3.17. The van der Waals surface area contributed by atoms with Gasteiger partial charge in [0.15, 0.2) is 12.4 Å². The molecule has 1 saturated heterocycles. The van der Waals surface area contributed by atoms with Crippen LogP contribution in [-0.2, 0) is 19.0 Å². The lowest BCUT2D eigenvalue weighted by molar-refractivity contribution is -0.213. The van der Waals surface area contributed by atoms with E-state index < -0.39 is 11.7 Å². The Hall–Kier alpha value is -0.610. The molecule has 2 aliphatic rings. The normalized spacial score (nSPS) is 42.2. The molecule has 0 aromatic carbocycles. The Labute approximate surface area is 115 Å². The summed E-state index contributed by atoms with van der Waals surface area (Å²) >= 11 is 0. The first-order chi connectivity index (χ1) is 8.69. The quantitative estimate of drug-likeness (QED) is 0.724. The highest BCUT2D eigenvalue weighted by Gasteiger charge is 2.60. The van der Waals surface area contributed by atoms with Gasteiger partial charge in [-0.05, 0) is 39.5 Å². The largest absolute Gasteiger partial charge is 0.456 e. The van der Waals surface area contributed by atoms with Gasteiger partial charge in [-0.3, -0.25) is 4.79 Å². The number of ether oxygens (including phenoxy) is 3. The van der Waals surface area contributed by atoms with Crippen molar-refractivity contribution in [3.05, 3.63) is 0 Å². The fraction of sp³-hybridized carbons (Fsp3) is 0.933. The summed E-state index contributed by atoms with van der Waals surface area (Å²) < 4.78 is 17.1. The highest BCUT2D eigenvalue weighted by molar-refractivity contribution is 5.75. The minimum absolute atomic E-state index is 0.150. The van der Waals surface area contributed by atoms with Gasteiger partial charge in [0.25, 0.3) is 0 Å². The minimum atomic E-state index is -0.499. The molecule has 0 aromatic heterocycles. The molecule has 0 bridgehead atoms. The molecule has 110 valence electrons. The van der Waals surface area contributed by atoms with Crippen LogP contribution < -0.4 is 0 Å². The van der Waals surface area contributed by atoms with Gasteiger partial charge in [0.05, 0.1) is 11.0 Å². The van der Waals surface area contributed by atoms with Crippen LogP contribution in [0.5, 0.6) is 0 Å². The SMILES string of the molecule is CO[C@@H]1OC2(CC(C)C2)[C@@H](C)[C@H]1OC(=O)C(C)(C)C. The lowest BCUT2D eigenvalue weighted by Gasteiger charge is -2.45. The molecule has 0 radical (unpaired) electrons. The second-order valence-corrected chi connectivity index (χ2v) is 7.21. The van der Waals surface area contributed by atoms with Gasteiger partial charge in [-0.2, -0.15) is 0 Å². The van der Waals surface area contributed by atoms with Crippen LogP contribution >= 0.6 is 0 Å². The molecule has 4 heteroatoms. The van der Waals surface area contributed by atoms with Crippen molar-refractivity contribution >= 4 is 5.97 Å². The molecule has 4 nitrogen and oxygen atoms in total. The van der Waals surface area contributed by atoms with E-state index in [0.29, 0.717) is 5.92 Å². The Balaban J connectivity index is 2.09. The number of hydrogen-bond donors (Lipinski definition) is 0. The maximum absolute atomic E-state index is 12.1. The second kappa shape index (κ2) is 4.74. The van der Waals surface area contributed by atoms with Gasteiger partial charge in [-0.1, -0.05) is 13.8 Å². The van der Waals surface area contributed by atoms with Crippen LogP contribution in [0.1, 0.15) is 47.5 Å². The van der Waals surface area contributed by atoms with Crippen molar-refractivity contribution in [1.82, 2.24) is 0 Å². The van der Waals surface area contributed by atoms with Crippen molar-refractivity contribution in [2.75, 3.05) is 7.11 Å². The number of carbonyl (C=O) groups is 1. The second-order valence-electron chi connectivity index (χ2n) is 7.21. The van der Waals surface area contributed by atoms with Crippen molar-refractivity contribution in [3.8, 4) is 0 Å². The van der Waals surface area contributed by atoms with E-state index in [-0.39, 0.29) is 23.6 Å². The van der Waals surface area contributed by atoms with Crippen molar-refractivity contribution in [2.24, 2.45) is 17.3 Å². The van der Waals surface area contributed by atoms with Gasteiger partial charge in [0.2, 0.25) is 0 Å². The van der Waals surface area contributed by atoms with Gasteiger partial charge >= 0.3 is 5.97 Å². The smallest absolute Gasteiger partial charge is 0.311 e. The first kappa shape index (κ1) is 14.8. The molecule has 2 rings (SSSR count). The summed E-state index contributed by atoms with van der Waals surface area (Å²) in [5.41, 5.74) is -0.649. The predicted octanol–water partition coefficient (Wildman–Crippen LogP) is 2.75. The monoisotopic (exact) mass is 270 g/mol. The predicted molar refractivity (Wildman–Crippen MR) is 71.5 cm³/mol. The lowest BCUT2D eigenvalue weighted by atomic mass is 9.65. The van der Waals surface area contributed by atoms with Gasteiger partial charge in [0.1, 0.15) is 0 Å². The minimum Gasteiger partial charge on any atom is -0.456 e. The van der Waals surface area contributed by atoms with E-state index in [4.69, 9.17) is 14.2 Å². The first-order valence-electron chi connectivity index (χ1n) is 7.11. The maximum atomic E-state index is 12.1. The van der Waals surface area contributed by atoms with E-state index in [9.17, 15) is 4.79 Å². The summed E-state index contributed by atoms with van der Waals surface area (Å²) in [6.07, 6.45) is 1.31. The molecule has 0 unspecified atom stereocenters. The van der Waals surface area contributed by atoms with Crippen LogP contribution in [0.4, 0.5) is 0 Å². The lowest BCUT2D eigenvalue weighted by Crippen LogP contribution is -2.48. The van der Waals surface area contributed by atoms with Gasteiger partial charge < -0.3 is 14.2 Å². The van der Waals surface area contributed by atoms with E-state index in [1.54, 1.807) is 7.11 Å². The maximum Gasteiger partial charge on any atom is 0.311 e. The Morgan fingerprint density at radius 2 is 1.84 bits per heavy atom. The molecule has 0 N–H and O–H groups in total. The molecule has 0 amide bonds. The molecule has 3 atom stereocenters. The topological polar surface area (TPSA) is 44.8 Å². The molecule has 1 saturated carbocycles. The molecule has 1 heterocycles. The Morgan fingerprint density at radius 1 is 1.26 bits per heavy atom. The molecule has 0 aromatic rings. The van der Waals surface area contributed by atoms with Crippen molar-refractivity contribution < 1.29 is 19.0 Å². The van der Waals surface area contributed by atoms with Crippen LogP contribution in [0.15, 0.2) is 0 Å². The van der Waals surface area contributed by atoms with Gasteiger partial charge in [-0.15, -0.1) is 0 Å². The van der Waals surface area contributed by atoms with Crippen molar-refractivity contribution in [2.45, 2.75) is 65.5 Å². The summed E-state index contributed by atoms with van der Waals surface area (Å²) in [6.45, 7) is 9.90. The number of rotatable bonds is 2. The highest BCUT2D eigenvalue weighted by Crippen LogP contribution is 2.53. The van der Waals surface area contributed by atoms with E-state index >= 15 is 0 Å². The van der Waals surface area contributed by atoms with Crippen LogP contribution in [0.2, 0.25) is 0 Å². The Bertz CT molecular complexity index is 352. The van der Waals surface area contributed by atoms with E-state index in [1.165, 1.54) is 0 Å². The van der Waals surface area contributed by atoms with Crippen LogP contribution in [0.3, 0.4) is 0 Å². The van der Waals surface area contributed by atoms with E-state index in [2.05, 4.69) is 13.8 Å². The van der Waals surface area contributed by atoms with Gasteiger partial charge in [-0.25, -0.2) is 0 Å². The third-order valence-electron chi connectivity index (χ3n) is 4.42. The average Bonchev–Trinajstić information content (AvgIpc) is 2.52. The first-order valence-corrected chi connectivity index (χ1v) is 7.11. The molecular formula is C15H26O4. The summed E-state index contributed by atoms with van der Waals surface area (Å²) in [6, 6.07) is 0. The summed E-state index contributed by atoms with van der Waals surface area (Å²) in [5, 5.41) is 0. The fourth-order valence-electron chi connectivity index (χ4n) is 3.17. The highest BCUT2D eigenvalue weighted by atomic mass is 16.7. The summed E-state index contributed by atoms with van der Waals surface area (Å²) in [4.78, 5) is 12.1. The number of methoxy groups -OCH3 is 1. The molecule has 1 aliphatic heterocycles. The Morgan fingerprint density at radius 3 is 2.26 bits per heavy atom. The van der Waals surface area contributed by atoms with Gasteiger partial charge in [0, 0.05) is 13.0 Å². The molecule has 1 aliphatic carbocycles. The van der Waals surface area contributed by atoms with E-state index in [0.717, 1.165) is 12.8 Å². The van der Waals surface area contributed by atoms with Crippen LogP contribution in [0, 0.1) is 17.3 Å². The zero-order valence-electron chi connectivity index (χ0n) is 12.9. The number of hydrogen-bond acceptors (Lipinski definition) is 4. The summed E-state index contributed by atoms with van der Waals surface area (Å²) in [5.74, 6) is 0.663. The van der Waals surface area contributed by atoms with Crippen LogP contribution in [0.25, 0.3) is 0 Å². The molecular weight excluding hydrogens is 244 g/mol. The average molecular weight is 270 g/mol.